The fraction of sp³-hybridized carbons (Fsp3) is 0.154. The van der Waals surface area contributed by atoms with Crippen molar-refractivity contribution in [2.24, 2.45) is 0 Å². The molecule has 1 heterocycles. The molecule has 2 amide bonds. The minimum Gasteiger partial charge on any atom is -0.308 e. The zero-order chi connectivity index (χ0) is 13.1. The van der Waals surface area contributed by atoms with E-state index in [2.05, 4.69) is 10.6 Å². The van der Waals surface area contributed by atoms with Crippen LogP contribution in [0.15, 0.2) is 35.7 Å². The Labute approximate surface area is 104 Å². The van der Waals surface area contributed by atoms with Gasteiger partial charge >= 0.3 is 6.03 Å². The van der Waals surface area contributed by atoms with Crippen molar-refractivity contribution < 1.29 is 9.59 Å². The summed E-state index contributed by atoms with van der Waals surface area (Å²) in [5, 5.41) is 14.9. The molecule has 0 unspecified atom stereocenters. The van der Waals surface area contributed by atoms with Crippen LogP contribution in [0.5, 0.6) is 0 Å². The van der Waals surface area contributed by atoms with E-state index in [-0.39, 0.29) is 11.5 Å². The Balaban J connectivity index is 2.31. The normalized spacial score (nSPS) is 13.9. The van der Waals surface area contributed by atoms with E-state index in [4.69, 9.17) is 5.26 Å². The molecule has 1 aliphatic heterocycles. The molecule has 5 nitrogen and oxygen atoms in total. The third-order valence-corrected chi connectivity index (χ3v) is 2.60. The van der Waals surface area contributed by atoms with Gasteiger partial charge in [0.25, 0.3) is 0 Å². The van der Waals surface area contributed by atoms with E-state index in [0.717, 1.165) is 0 Å². The van der Waals surface area contributed by atoms with Gasteiger partial charge in [-0.2, -0.15) is 10.6 Å². The molecule has 0 aromatic heterocycles. The van der Waals surface area contributed by atoms with E-state index in [9.17, 15) is 9.59 Å². The second-order valence-corrected chi connectivity index (χ2v) is 3.74. The monoisotopic (exact) mass is 240 g/mol. The predicted molar refractivity (Wildman–Crippen MR) is 63.5 cm³/mol. The third kappa shape index (κ3) is 2.09. The van der Waals surface area contributed by atoms with Gasteiger partial charge < -0.3 is 5.32 Å². The number of hydrogen-bond donors (Lipinski definition) is 1. The van der Waals surface area contributed by atoms with Crippen molar-refractivity contribution in [3.63, 3.8) is 0 Å². The first-order valence-electron chi connectivity index (χ1n) is 5.46. The fourth-order valence-corrected chi connectivity index (χ4v) is 1.66. The second-order valence-electron chi connectivity index (χ2n) is 3.74. The molecule has 1 radical (unpaired) electrons. The predicted octanol–water partition coefficient (Wildman–Crippen LogP) is 1.69. The van der Waals surface area contributed by atoms with Gasteiger partial charge in [-0.3, -0.25) is 4.79 Å². The molecule has 1 aromatic rings. The van der Waals surface area contributed by atoms with E-state index in [0.29, 0.717) is 23.2 Å². The van der Waals surface area contributed by atoms with Crippen LogP contribution in [0.4, 0.5) is 4.79 Å². The molecule has 0 saturated heterocycles. The van der Waals surface area contributed by atoms with Crippen molar-refractivity contribution in [3.8, 4) is 6.07 Å². The summed E-state index contributed by atoms with van der Waals surface area (Å²) < 4.78 is 0. The summed E-state index contributed by atoms with van der Waals surface area (Å²) in [6.07, 6.45) is 0.534. The van der Waals surface area contributed by atoms with Crippen molar-refractivity contribution >= 4 is 11.8 Å². The van der Waals surface area contributed by atoms with Crippen LogP contribution >= 0.6 is 0 Å². The number of benzene rings is 1. The van der Waals surface area contributed by atoms with Crippen LogP contribution in [0.1, 0.15) is 29.3 Å². The molecule has 0 spiro atoms. The maximum absolute atomic E-state index is 12.1. The lowest BCUT2D eigenvalue weighted by atomic mass is 10.1. The van der Waals surface area contributed by atoms with Crippen LogP contribution in [0.25, 0.3) is 0 Å². The number of nitrogens with one attached hydrogen (secondary N) is 1. The summed E-state index contributed by atoms with van der Waals surface area (Å²) in [6.45, 7) is 1.84. The number of hydrogen-bond acceptors (Lipinski definition) is 3. The largest absolute Gasteiger partial charge is 0.345 e. The number of urea groups is 1. The highest BCUT2D eigenvalue weighted by Gasteiger charge is 2.27. The first-order chi connectivity index (χ1) is 8.65. The molecule has 1 aromatic carbocycles. The van der Waals surface area contributed by atoms with Gasteiger partial charge in [-0.1, -0.05) is 6.92 Å². The Bertz CT molecular complexity index is 579. The number of nitriles is 1. The van der Waals surface area contributed by atoms with Crippen LogP contribution < -0.4 is 10.6 Å². The minimum absolute atomic E-state index is 0.159. The van der Waals surface area contributed by atoms with Crippen molar-refractivity contribution in [1.82, 2.24) is 10.6 Å². The summed E-state index contributed by atoms with van der Waals surface area (Å²) in [6, 6.07) is 7.69. The van der Waals surface area contributed by atoms with Crippen LogP contribution in [0.2, 0.25) is 0 Å². The number of amides is 2. The van der Waals surface area contributed by atoms with Crippen LogP contribution in [-0.2, 0) is 0 Å². The maximum atomic E-state index is 12.1. The standard InChI is InChI=1S/C13H10N3O2/c1-2-10-11(16-13(18)15-10)12(17)9-5-3-8(7-14)4-6-9/h3-6H,2H2,1H3,(H,15,18). The molecule has 2 rings (SSSR count). The molecule has 1 aliphatic rings. The van der Waals surface area contributed by atoms with Crippen molar-refractivity contribution in [2.75, 3.05) is 0 Å². The maximum Gasteiger partial charge on any atom is 0.345 e. The lowest BCUT2D eigenvalue weighted by Crippen LogP contribution is -2.19. The molecule has 5 heteroatoms. The Morgan fingerprint density at radius 1 is 1.39 bits per heavy atom. The summed E-state index contributed by atoms with van der Waals surface area (Å²) >= 11 is 0. The van der Waals surface area contributed by atoms with Gasteiger partial charge in [0.05, 0.1) is 11.6 Å². The molecule has 0 atom stereocenters. The highest BCUT2D eigenvalue weighted by Crippen LogP contribution is 2.16. The van der Waals surface area contributed by atoms with Crippen LogP contribution in [0, 0.1) is 11.3 Å². The van der Waals surface area contributed by atoms with Crippen molar-refractivity contribution in [2.45, 2.75) is 13.3 Å². The van der Waals surface area contributed by atoms with Gasteiger partial charge in [0.15, 0.2) is 0 Å². The number of allylic oxidation sites excluding steroid dienone is 2. The van der Waals surface area contributed by atoms with Gasteiger partial charge in [0, 0.05) is 11.3 Å². The summed E-state index contributed by atoms with van der Waals surface area (Å²) in [5.41, 5.74) is 1.59. The molecular weight excluding hydrogens is 230 g/mol. The van der Waals surface area contributed by atoms with E-state index < -0.39 is 6.03 Å². The van der Waals surface area contributed by atoms with Gasteiger partial charge in [-0.05, 0) is 30.7 Å². The van der Waals surface area contributed by atoms with E-state index in [1.54, 1.807) is 24.3 Å². The number of nitrogens with zero attached hydrogens (tertiary/aromatic N) is 2. The van der Waals surface area contributed by atoms with E-state index in [1.807, 2.05) is 13.0 Å². The number of Topliss-reactive ketones (excluding diaryl/α,β-unsaturated/α-hetero) is 1. The molecule has 18 heavy (non-hydrogen) atoms. The Morgan fingerprint density at radius 3 is 2.61 bits per heavy atom. The third-order valence-electron chi connectivity index (χ3n) is 2.60. The highest BCUT2D eigenvalue weighted by atomic mass is 16.2. The van der Waals surface area contributed by atoms with E-state index in [1.165, 1.54) is 0 Å². The lowest BCUT2D eigenvalue weighted by Gasteiger charge is -2.02. The van der Waals surface area contributed by atoms with Gasteiger partial charge in [0.1, 0.15) is 5.70 Å². The fourth-order valence-electron chi connectivity index (χ4n) is 1.66. The second kappa shape index (κ2) is 4.72. The summed E-state index contributed by atoms with van der Waals surface area (Å²) in [4.78, 5) is 23.3. The zero-order valence-electron chi connectivity index (χ0n) is 9.73. The molecule has 0 saturated carbocycles. The minimum atomic E-state index is -0.510. The van der Waals surface area contributed by atoms with Gasteiger partial charge in [0.2, 0.25) is 5.78 Å². The number of rotatable bonds is 3. The van der Waals surface area contributed by atoms with E-state index >= 15 is 0 Å². The summed E-state index contributed by atoms with van der Waals surface area (Å²) in [7, 11) is 0. The Hall–Kier alpha value is -2.61. The van der Waals surface area contributed by atoms with Crippen LogP contribution in [0.3, 0.4) is 0 Å². The lowest BCUT2D eigenvalue weighted by molar-refractivity contribution is 0.102. The first-order valence-corrected chi connectivity index (χ1v) is 5.46. The number of carbonyl (C=O) groups excluding carboxylic acids is 2. The molecule has 0 aliphatic carbocycles. The van der Waals surface area contributed by atoms with Crippen molar-refractivity contribution in [3.05, 3.63) is 46.8 Å². The molecule has 0 fully saturated rings. The first kappa shape index (κ1) is 11.9. The zero-order valence-corrected chi connectivity index (χ0v) is 9.73. The quantitative estimate of drug-likeness (QED) is 0.816. The number of ketones is 1. The molecule has 89 valence electrons. The van der Waals surface area contributed by atoms with Crippen LogP contribution in [-0.4, -0.2) is 11.8 Å². The molecular formula is C13H10N3O2. The average molecular weight is 240 g/mol. The molecule has 1 N–H and O–H groups in total. The highest BCUT2D eigenvalue weighted by molar-refractivity contribution is 6.12. The molecule has 0 bridgehead atoms. The average Bonchev–Trinajstić information content (AvgIpc) is 2.79. The van der Waals surface area contributed by atoms with Crippen molar-refractivity contribution in [1.29, 1.82) is 5.26 Å². The number of carbonyl (C=O) groups is 2. The summed E-state index contributed by atoms with van der Waals surface area (Å²) in [5.74, 6) is -0.310. The van der Waals surface area contributed by atoms with Gasteiger partial charge in [-0.15, -0.1) is 0 Å². The van der Waals surface area contributed by atoms with Gasteiger partial charge in [-0.25, -0.2) is 4.79 Å². The Kier molecular flexibility index (Phi) is 3.11. The Morgan fingerprint density at radius 2 is 2.06 bits per heavy atom. The SMILES string of the molecule is CCC1=C(C(=O)c2ccc(C#N)cc2)[N]C(=O)N1. The topological polar surface area (TPSA) is 84.1 Å². The smallest absolute Gasteiger partial charge is 0.308 e.